The van der Waals surface area contributed by atoms with Crippen LogP contribution < -0.4 is 10.5 Å². The van der Waals surface area contributed by atoms with Gasteiger partial charge in [0.05, 0.1) is 17.3 Å². The number of alkyl halides is 6. The molecule has 188 valence electrons. The third kappa shape index (κ3) is 3.58. The van der Waals surface area contributed by atoms with Gasteiger partial charge < -0.3 is 4.90 Å². The molecule has 1 aromatic carbocycles. The molecule has 3 fully saturated rings. The number of aromatic nitrogens is 3. The molecule has 3 heterocycles. The van der Waals surface area contributed by atoms with Crippen LogP contribution in [0.4, 0.5) is 32.2 Å². The molecule has 5 nitrogen and oxygen atoms in total. The molecule has 11 heteroatoms. The second-order valence-corrected chi connectivity index (χ2v) is 9.79. The van der Waals surface area contributed by atoms with Gasteiger partial charge in [-0.05, 0) is 67.3 Å². The predicted octanol–water partition coefficient (Wildman–Crippen LogP) is 5.56. The Kier molecular flexibility index (Phi) is 4.84. The van der Waals surface area contributed by atoms with Crippen molar-refractivity contribution >= 4 is 5.82 Å². The van der Waals surface area contributed by atoms with Crippen molar-refractivity contribution in [3.63, 3.8) is 0 Å². The van der Waals surface area contributed by atoms with Crippen LogP contribution >= 0.6 is 0 Å². The average Bonchev–Trinajstić information content (AvgIpc) is 3.41. The molecule has 5 atom stereocenters. The monoisotopic (exact) mass is 506 g/mol. The fourth-order valence-corrected chi connectivity index (χ4v) is 6.14. The van der Waals surface area contributed by atoms with E-state index in [-0.39, 0.29) is 29.5 Å². The van der Waals surface area contributed by atoms with Gasteiger partial charge in [0.15, 0.2) is 0 Å². The van der Waals surface area contributed by atoms with Gasteiger partial charge in [-0.3, -0.25) is 9.36 Å². The van der Waals surface area contributed by atoms with Crippen LogP contribution in [0.5, 0.6) is 0 Å². The lowest BCUT2D eigenvalue weighted by molar-refractivity contribution is -0.145. The molecule has 0 N–H and O–H groups in total. The molecule has 6 rings (SSSR count). The van der Waals surface area contributed by atoms with E-state index in [1.54, 1.807) is 23.1 Å². The predicted molar refractivity (Wildman–Crippen MR) is 118 cm³/mol. The summed E-state index contributed by atoms with van der Waals surface area (Å²) in [6.07, 6.45) is -7.27. The van der Waals surface area contributed by atoms with E-state index in [0.29, 0.717) is 29.9 Å². The Morgan fingerprint density at radius 2 is 1.69 bits per heavy atom. The van der Waals surface area contributed by atoms with Gasteiger partial charge in [0.1, 0.15) is 17.3 Å². The minimum atomic E-state index is -5.05. The molecule has 2 unspecified atom stereocenters. The number of benzene rings is 1. The highest BCUT2D eigenvalue weighted by Gasteiger charge is 2.66. The maximum atomic E-state index is 13.6. The highest BCUT2D eigenvalue weighted by Crippen LogP contribution is 2.67. The molecule has 0 amide bonds. The van der Waals surface area contributed by atoms with Crippen LogP contribution in [0.1, 0.15) is 41.5 Å². The van der Waals surface area contributed by atoms with Gasteiger partial charge in [-0.15, -0.1) is 0 Å². The van der Waals surface area contributed by atoms with Crippen LogP contribution in [-0.4, -0.2) is 20.6 Å². The quantitative estimate of drug-likeness (QED) is 0.437. The Labute approximate surface area is 201 Å². The van der Waals surface area contributed by atoms with E-state index in [1.165, 1.54) is 16.8 Å². The topological polar surface area (TPSA) is 51.0 Å². The first-order valence-electron chi connectivity index (χ1n) is 11.5. The summed E-state index contributed by atoms with van der Waals surface area (Å²) in [5.41, 5.74) is -1.97. The van der Waals surface area contributed by atoms with Crippen molar-refractivity contribution in [3.05, 3.63) is 81.7 Å². The zero-order chi connectivity index (χ0) is 25.6. The molecule has 0 spiro atoms. The number of rotatable bonds is 3. The molecule has 1 aliphatic heterocycles. The first kappa shape index (κ1) is 23.1. The number of hydrogen-bond acceptors (Lipinski definition) is 4. The van der Waals surface area contributed by atoms with E-state index in [0.717, 1.165) is 12.0 Å². The van der Waals surface area contributed by atoms with Crippen molar-refractivity contribution in [2.24, 2.45) is 17.8 Å². The SMILES string of the molecule is Cc1cccc(-n2c([C@@H]3[C@@H]4C[C@@H](C5CC54)N3c3cc(C(F)(F)F)cc(C(F)(F)F)n3)nccc2=O)c1. The van der Waals surface area contributed by atoms with E-state index in [1.807, 2.05) is 13.0 Å². The van der Waals surface area contributed by atoms with Crippen molar-refractivity contribution in [2.75, 3.05) is 4.90 Å². The molecule has 1 saturated heterocycles. The molecule has 2 aromatic heterocycles. The summed E-state index contributed by atoms with van der Waals surface area (Å²) < 4.78 is 83.0. The van der Waals surface area contributed by atoms with E-state index >= 15 is 0 Å². The third-order valence-electron chi connectivity index (χ3n) is 7.60. The smallest absolute Gasteiger partial charge is 0.343 e. The lowest BCUT2D eigenvalue weighted by atomic mass is 9.95. The number of nitrogens with zero attached hydrogens (tertiary/aromatic N) is 4. The number of pyridine rings is 1. The van der Waals surface area contributed by atoms with Gasteiger partial charge in [-0.1, -0.05) is 12.1 Å². The first-order chi connectivity index (χ1) is 16.9. The molecule has 3 aromatic rings. The summed E-state index contributed by atoms with van der Waals surface area (Å²) in [4.78, 5) is 22.7. The third-order valence-corrected chi connectivity index (χ3v) is 7.60. The Bertz CT molecular complexity index is 1380. The van der Waals surface area contributed by atoms with Gasteiger partial charge in [0.25, 0.3) is 5.56 Å². The van der Waals surface area contributed by atoms with Crippen molar-refractivity contribution < 1.29 is 26.3 Å². The van der Waals surface area contributed by atoms with Gasteiger partial charge in [0, 0.05) is 18.3 Å². The Hall–Kier alpha value is -3.37. The minimum absolute atomic E-state index is 0.0379. The fourth-order valence-electron chi connectivity index (χ4n) is 6.14. The Balaban J connectivity index is 1.55. The highest BCUT2D eigenvalue weighted by atomic mass is 19.4. The maximum Gasteiger partial charge on any atom is 0.433 e. The minimum Gasteiger partial charge on any atom is -0.343 e. The molecule has 2 aliphatic carbocycles. The van der Waals surface area contributed by atoms with Gasteiger partial charge >= 0.3 is 12.4 Å². The van der Waals surface area contributed by atoms with Crippen LogP contribution in [0.2, 0.25) is 0 Å². The number of aryl methyl sites for hydroxylation is 1. The van der Waals surface area contributed by atoms with Gasteiger partial charge in [-0.2, -0.15) is 26.3 Å². The summed E-state index contributed by atoms with van der Waals surface area (Å²) in [5, 5.41) is 0. The van der Waals surface area contributed by atoms with E-state index < -0.39 is 35.5 Å². The molecule has 2 bridgehead atoms. The van der Waals surface area contributed by atoms with Crippen LogP contribution in [0.15, 0.2) is 53.5 Å². The number of piperidine rings is 1. The van der Waals surface area contributed by atoms with E-state index in [4.69, 9.17) is 0 Å². The van der Waals surface area contributed by atoms with Crippen LogP contribution in [0.3, 0.4) is 0 Å². The van der Waals surface area contributed by atoms with Crippen molar-refractivity contribution in [1.82, 2.24) is 14.5 Å². The van der Waals surface area contributed by atoms with Crippen LogP contribution in [0.25, 0.3) is 5.69 Å². The first-order valence-corrected chi connectivity index (χ1v) is 11.5. The standard InChI is InChI=1S/C25H20F6N4O/c1-12-3-2-4-14(7-12)34-21(36)5-6-32-23(34)22-17-11-18(16-10-15(16)17)35(22)20-9-13(24(26,27)28)8-19(33-20)25(29,30)31/h2-9,15-18,22H,10-11H2,1H3/t15?,16?,17-,18+,22+/m1/s1. The lowest BCUT2D eigenvalue weighted by Gasteiger charge is -2.37. The maximum absolute atomic E-state index is 13.6. The largest absolute Gasteiger partial charge is 0.433 e. The average molecular weight is 506 g/mol. The zero-order valence-corrected chi connectivity index (χ0v) is 18.9. The van der Waals surface area contributed by atoms with Crippen molar-refractivity contribution in [2.45, 2.75) is 44.2 Å². The summed E-state index contributed by atoms with van der Waals surface area (Å²) in [7, 11) is 0. The van der Waals surface area contributed by atoms with Crippen LogP contribution in [0, 0.1) is 24.7 Å². The Morgan fingerprint density at radius 3 is 2.39 bits per heavy atom. The van der Waals surface area contributed by atoms with E-state index in [9.17, 15) is 31.1 Å². The summed E-state index contributed by atoms with van der Waals surface area (Å²) in [6, 6.07) is 8.18. The Morgan fingerprint density at radius 1 is 0.917 bits per heavy atom. The molecule has 0 radical (unpaired) electrons. The van der Waals surface area contributed by atoms with Gasteiger partial charge in [-0.25, -0.2) is 9.97 Å². The summed E-state index contributed by atoms with van der Waals surface area (Å²) >= 11 is 0. The molecule has 3 aliphatic rings. The summed E-state index contributed by atoms with van der Waals surface area (Å²) in [5.74, 6) is 0.315. The second kappa shape index (κ2) is 7.57. The number of anilines is 1. The van der Waals surface area contributed by atoms with Gasteiger partial charge in [0.2, 0.25) is 0 Å². The molecule has 2 saturated carbocycles. The number of fused-ring (bicyclic) bond motifs is 5. The van der Waals surface area contributed by atoms with Crippen molar-refractivity contribution in [3.8, 4) is 5.69 Å². The molecule has 36 heavy (non-hydrogen) atoms. The number of hydrogen-bond donors (Lipinski definition) is 0. The zero-order valence-electron chi connectivity index (χ0n) is 18.9. The van der Waals surface area contributed by atoms with Crippen molar-refractivity contribution in [1.29, 1.82) is 0 Å². The summed E-state index contributed by atoms with van der Waals surface area (Å²) in [6.45, 7) is 1.86. The van der Waals surface area contributed by atoms with Crippen LogP contribution in [-0.2, 0) is 12.4 Å². The van der Waals surface area contributed by atoms with E-state index in [2.05, 4.69) is 9.97 Å². The molecular weight excluding hydrogens is 486 g/mol. The molecular formula is C25H20F6N4O. The normalized spacial score (nSPS) is 26.9. The lowest BCUT2D eigenvalue weighted by Crippen LogP contribution is -2.41. The second-order valence-electron chi connectivity index (χ2n) is 9.79. The highest BCUT2D eigenvalue weighted by molar-refractivity contribution is 5.52. The fraction of sp³-hybridized carbons (Fsp3) is 0.400. The number of halogens is 6.